The van der Waals surface area contributed by atoms with Gasteiger partial charge in [-0.3, -0.25) is 4.98 Å². The van der Waals surface area contributed by atoms with Gasteiger partial charge in [0.1, 0.15) is 5.56 Å². The van der Waals surface area contributed by atoms with Crippen molar-refractivity contribution < 1.29 is 14.6 Å². The molecule has 2 N–H and O–H groups in total. The van der Waals surface area contributed by atoms with Crippen molar-refractivity contribution in [2.24, 2.45) is 0 Å². The molecule has 0 radical (unpaired) electrons. The van der Waals surface area contributed by atoms with Crippen LogP contribution in [0.15, 0.2) is 28.9 Å². The number of hydrogen-bond donors (Lipinski definition) is 2. The van der Waals surface area contributed by atoms with Gasteiger partial charge in [-0.1, -0.05) is 15.9 Å². The number of hydrogen-bond acceptors (Lipinski definition) is 4. The highest BCUT2D eigenvalue weighted by Crippen LogP contribution is 2.32. The molecule has 0 atom stereocenters. The number of nitrogens with one attached hydrogen (secondary N) is 1. The van der Waals surface area contributed by atoms with Crippen LogP contribution in [0.2, 0.25) is 0 Å². The molecule has 0 aliphatic heterocycles. The van der Waals surface area contributed by atoms with Crippen molar-refractivity contribution in [1.29, 1.82) is 0 Å². The van der Waals surface area contributed by atoms with E-state index in [2.05, 4.69) is 26.2 Å². The average molecular weight is 379 g/mol. The number of nitrogens with zero attached hydrogens (tertiary/aromatic N) is 1. The molecule has 1 fully saturated rings. The monoisotopic (exact) mass is 378 g/mol. The van der Waals surface area contributed by atoms with Crippen LogP contribution in [0, 0.1) is 0 Å². The van der Waals surface area contributed by atoms with Crippen molar-refractivity contribution in [2.45, 2.75) is 37.8 Å². The molecular formula is C17H19BrN2O3. The molecular weight excluding hydrogens is 360 g/mol. The average Bonchev–Trinajstić information content (AvgIpc) is 2.55. The van der Waals surface area contributed by atoms with Crippen LogP contribution < -0.4 is 5.32 Å². The molecule has 1 aromatic heterocycles. The molecule has 0 spiro atoms. The number of carboxylic acid groups (broad SMARTS) is 1. The van der Waals surface area contributed by atoms with E-state index >= 15 is 0 Å². The summed E-state index contributed by atoms with van der Waals surface area (Å²) in [7, 11) is 1.74. The molecule has 0 unspecified atom stereocenters. The van der Waals surface area contributed by atoms with Crippen molar-refractivity contribution in [3.63, 3.8) is 0 Å². The van der Waals surface area contributed by atoms with Gasteiger partial charge in [0, 0.05) is 29.2 Å². The zero-order chi connectivity index (χ0) is 16.4. The Morgan fingerprint density at radius 3 is 2.74 bits per heavy atom. The second-order valence-electron chi connectivity index (χ2n) is 5.87. The molecule has 0 saturated heterocycles. The predicted molar refractivity (Wildman–Crippen MR) is 93.1 cm³/mol. The fraction of sp³-hybridized carbons (Fsp3) is 0.412. The number of fused-ring (bicyclic) bond motifs is 1. The zero-order valence-corrected chi connectivity index (χ0v) is 14.5. The first kappa shape index (κ1) is 16.2. The van der Waals surface area contributed by atoms with E-state index in [1.54, 1.807) is 7.11 Å². The van der Waals surface area contributed by atoms with Crippen LogP contribution in [-0.2, 0) is 4.74 Å². The van der Waals surface area contributed by atoms with Gasteiger partial charge in [0.05, 0.1) is 17.3 Å². The summed E-state index contributed by atoms with van der Waals surface area (Å²) in [4.78, 5) is 15.8. The van der Waals surface area contributed by atoms with Gasteiger partial charge in [0.15, 0.2) is 0 Å². The fourth-order valence-corrected chi connectivity index (χ4v) is 3.49. The van der Waals surface area contributed by atoms with E-state index < -0.39 is 5.97 Å². The minimum absolute atomic E-state index is 0.212. The number of halogens is 1. The molecule has 2 aromatic rings. The summed E-state index contributed by atoms with van der Waals surface area (Å²) in [5, 5.41) is 13.8. The molecule has 1 aliphatic carbocycles. The van der Waals surface area contributed by atoms with Gasteiger partial charge >= 0.3 is 5.97 Å². The summed E-state index contributed by atoms with van der Waals surface area (Å²) < 4.78 is 6.30. The van der Waals surface area contributed by atoms with Crippen molar-refractivity contribution >= 4 is 38.5 Å². The van der Waals surface area contributed by atoms with Gasteiger partial charge in [-0.05, 0) is 43.9 Å². The van der Waals surface area contributed by atoms with E-state index in [1.807, 2.05) is 18.2 Å². The maximum atomic E-state index is 11.6. The Bertz CT molecular complexity index is 727. The molecule has 1 aromatic carbocycles. The summed E-state index contributed by atoms with van der Waals surface area (Å²) in [6.07, 6.45) is 5.66. The summed E-state index contributed by atoms with van der Waals surface area (Å²) in [6, 6.07) is 5.96. The van der Waals surface area contributed by atoms with Gasteiger partial charge in [-0.2, -0.15) is 0 Å². The first-order valence-corrected chi connectivity index (χ1v) is 8.48. The molecule has 1 aliphatic rings. The normalized spacial score (nSPS) is 21.3. The summed E-state index contributed by atoms with van der Waals surface area (Å²) in [6.45, 7) is 0. The third-order valence-electron chi connectivity index (χ3n) is 4.42. The van der Waals surface area contributed by atoms with E-state index in [0.29, 0.717) is 11.8 Å². The lowest BCUT2D eigenvalue weighted by Gasteiger charge is -2.29. The van der Waals surface area contributed by atoms with E-state index in [9.17, 15) is 9.90 Å². The molecule has 0 amide bonds. The minimum Gasteiger partial charge on any atom is -0.478 e. The smallest absolute Gasteiger partial charge is 0.339 e. The zero-order valence-electron chi connectivity index (χ0n) is 12.9. The van der Waals surface area contributed by atoms with Crippen LogP contribution in [0.5, 0.6) is 0 Å². The van der Waals surface area contributed by atoms with Crippen molar-refractivity contribution in [3.05, 3.63) is 34.4 Å². The molecule has 5 nitrogen and oxygen atoms in total. The number of pyridine rings is 1. The number of methoxy groups -OCH3 is 1. The Morgan fingerprint density at radius 1 is 1.35 bits per heavy atom. The molecule has 1 saturated carbocycles. The van der Waals surface area contributed by atoms with E-state index in [1.165, 1.54) is 6.20 Å². The molecule has 3 rings (SSSR count). The van der Waals surface area contributed by atoms with Crippen molar-refractivity contribution in [3.8, 4) is 0 Å². The quantitative estimate of drug-likeness (QED) is 0.838. The van der Waals surface area contributed by atoms with Crippen molar-refractivity contribution in [2.75, 3.05) is 12.4 Å². The number of aromatic carboxylic acids is 1. The van der Waals surface area contributed by atoms with Gasteiger partial charge < -0.3 is 15.2 Å². The molecule has 0 bridgehead atoms. The lowest BCUT2D eigenvalue weighted by Crippen LogP contribution is -2.30. The fourth-order valence-electron chi connectivity index (χ4n) is 3.13. The number of rotatable bonds is 4. The topological polar surface area (TPSA) is 71.5 Å². The SMILES string of the molecule is CO[C@H]1CC[C@H](Nc2c(C(=O)O)cnc3ccc(Br)cc23)CC1. The first-order chi connectivity index (χ1) is 11.1. The Balaban J connectivity index is 1.95. The third kappa shape index (κ3) is 3.48. The third-order valence-corrected chi connectivity index (χ3v) is 4.91. The molecule has 6 heteroatoms. The van der Waals surface area contributed by atoms with Crippen LogP contribution >= 0.6 is 15.9 Å². The second kappa shape index (κ2) is 6.84. The molecule has 23 heavy (non-hydrogen) atoms. The summed E-state index contributed by atoms with van der Waals surface area (Å²) in [5.41, 5.74) is 1.65. The Hall–Kier alpha value is -1.66. The Kier molecular flexibility index (Phi) is 4.82. The first-order valence-electron chi connectivity index (χ1n) is 7.69. The lowest BCUT2D eigenvalue weighted by molar-refractivity contribution is 0.0676. The van der Waals surface area contributed by atoms with E-state index in [0.717, 1.165) is 41.1 Å². The van der Waals surface area contributed by atoms with Gasteiger partial charge in [-0.25, -0.2) is 4.79 Å². The number of carbonyl (C=O) groups is 1. The summed E-state index contributed by atoms with van der Waals surface area (Å²) in [5.74, 6) is -0.965. The van der Waals surface area contributed by atoms with Crippen LogP contribution in [0.1, 0.15) is 36.0 Å². The van der Waals surface area contributed by atoms with Crippen LogP contribution in [-0.4, -0.2) is 35.3 Å². The Labute approximate surface area is 143 Å². The van der Waals surface area contributed by atoms with Crippen LogP contribution in [0.3, 0.4) is 0 Å². The number of ether oxygens (including phenoxy) is 1. The number of carboxylic acids is 1. The van der Waals surface area contributed by atoms with E-state index in [4.69, 9.17) is 4.74 Å². The maximum Gasteiger partial charge on any atom is 0.339 e. The molecule has 1 heterocycles. The minimum atomic E-state index is -0.965. The summed E-state index contributed by atoms with van der Waals surface area (Å²) >= 11 is 3.45. The van der Waals surface area contributed by atoms with Crippen molar-refractivity contribution in [1.82, 2.24) is 4.98 Å². The van der Waals surface area contributed by atoms with Gasteiger partial charge in [-0.15, -0.1) is 0 Å². The number of aromatic nitrogens is 1. The number of anilines is 1. The second-order valence-corrected chi connectivity index (χ2v) is 6.78. The van der Waals surface area contributed by atoms with Crippen LogP contribution in [0.4, 0.5) is 5.69 Å². The highest BCUT2D eigenvalue weighted by Gasteiger charge is 2.23. The highest BCUT2D eigenvalue weighted by molar-refractivity contribution is 9.10. The maximum absolute atomic E-state index is 11.6. The van der Waals surface area contributed by atoms with Gasteiger partial charge in [0.25, 0.3) is 0 Å². The highest BCUT2D eigenvalue weighted by atomic mass is 79.9. The molecule has 122 valence electrons. The Morgan fingerprint density at radius 2 is 2.09 bits per heavy atom. The number of benzene rings is 1. The standard InChI is InChI=1S/C17H19BrN2O3/c1-23-12-5-3-11(4-6-12)20-16-13-8-10(18)2-7-15(13)19-9-14(16)17(21)22/h2,7-9,11-12H,3-6H2,1H3,(H,19,20)(H,21,22)/t11-,12-. The predicted octanol–water partition coefficient (Wildman–Crippen LogP) is 4.07. The largest absolute Gasteiger partial charge is 0.478 e. The van der Waals surface area contributed by atoms with Gasteiger partial charge in [0.2, 0.25) is 0 Å². The lowest BCUT2D eigenvalue weighted by atomic mass is 9.92. The van der Waals surface area contributed by atoms with Crippen LogP contribution in [0.25, 0.3) is 10.9 Å². The van der Waals surface area contributed by atoms with E-state index in [-0.39, 0.29) is 11.6 Å².